The number of carbonyl (C=O) groups excluding carboxylic acids is 2. The minimum absolute atomic E-state index is 0.260. The molecule has 0 atom stereocenters. The highest BCUT2D eigenvalue weighted by Gasteiger charge is 2.35. The van der Waals surface area contributed by atoms with Crippen molar-refractivity contribution in [3.8, 4) is 11.5 Å². The van der Waals surface area contributed by atoms with Gasteiger partial charge in [0.25, 0.3) is 0 Å². The Labute approximate surface area is 143 Å². The standard InChI is InChI=1S/C18H28N2O4/c1-5-6-11-19-16(21)18(2,3)17(22)20-12-13-24-15-9-7-14(23-4)8-10-15/h7-10H,5-6,11-13H2,1-4H3,(H,19,21)(H,20,22). The van der Waals surface area contributed by atoms with E-state index in [4.69, 9.17) is 9.47 Å². The molecule has 0 bridgehead atoms. The van der Waals surface area contributed by atoms with Gasteiger partial charge in [0.2, 0.25) is 11.8 Å². The van der Waals surface area contributed by atoms with Gasteiger partial charge in [0.05, 0.1) is 13.7 Å². The summed E-state index contributed by atoms with van der Waals surface area (Å²) in [6, 6.07) is 7.20. The summed E-state index contributed by atoms with van der Waals surface area (Å²) in [5.74, 6) is 0.882. The van der Waals surface area contributed by atoms with Crippen LogP contribution in [0, 0.1) is 5.41 Å². The predicted molar refractivity (Wildman–Crippen MR) is 93.2 cm³/mol. The van der Waals surface area contributed by atoms with Crippen molar-refractivity contribution in [3.63, 3.8) is 0 Å². The summed E-state index contributed by atoms with van der Waals surface area (Å²) in [6.07, 6.45) is 1.90. The second kappa shape index (κ2) is 9.80. The van der Waals surface area contributed by atoms with Crippen LogP contribution >= 0.6 is 0 Å². The molecule has 134 valence electrons. The van der Waals surface area contributed by atoms with Gasteiger partial charge >= 0.3 is 0 Å². The number of ether oxygens (including phenoxy) is 2. The van der Waals surface area contributed by atoms with Crippen molar-refractivity contribution in [2.24, 2.45) is 5.41 Å². The molecule has 1 aromatic rings. The largest absolute Gasteiger partial charge is 0.497 e. The van der Waals surface area contributed by atoms with Gasteiger partial charge in [0.1, 0.15) is 23.5 Å². The Kier molecular flexibility index (Phi) is 8.09. The zero-order valence-electron chi connectivity index (χ0n) is 15.0. The van der Waals surface area contributed by atoms with Crippen molar-refractivity contribution >= 4 is 11.8 Å². The first kappa shape index (κ1) is 19.8. The lowest BCUT2D eigenvalue weighted by Gasteiger charge is -2.22. The van der Waals surface area contributed by atoms with Crippen LogP contribution in [0.25, 0.3) is 0 Å². The average molecular weight is 336 g/mol. The fourth-order valence-corrected chi connectivity index (χ4v) is 1.93. The van der Waals surface area contributed by atoms with E-state index >= 15 is 0 Å². The lowest BCUT2D eigenvalue weighted by atomic mass is 9.91. The van der Waals surface area contributed by atoms with E-state index in [1.165, 1.54) is 0 Å². The molecule has 0 aliphatic heterocycles. The van der Waals surface area contributed by atoms with E-state index in [0.29, 0.717) is 25.4 Å². The molecule has 24 heavy (non-hydrogen) atoms. The number of rotatable bonds is 10. The summed E-state index contributed by atoms with van der Waals surface area (Å²) in [7, 11) is 1.60. The molecule has 0 aliphatic carbocycles. The summed E-state index contributed by atoms with van der Waals surface area (Å²) < 4.78 is 10.6. The van der Waals surface area contributed by atoms with Crippen molar-refractivity contribution in [3.05, 3.63) is 24.3 Å². The highest BCUT2D eigenvalue weighted by molar-refractivity contribution is 6.04. The number of benzene rings is 1. The Bertz CT molecular complexity index is 526. The molecule has 0 spiro atoms. The fraction of sp³-hybridized carbons (Fsp3) is 0.556. The minimum atomic E-state index is -1.10. The smallest absolute Gasteiger partial charge is 0.235 e. The molecule has 0 heterocycles. The quantitative estimate of drug-likeness (QED) is 0.507. The van der Waals surface area contributed by atoms with Crippen LogP contribution in [0.15, 0.2) is 24.3 Å². The molecule has 0 saturated heterocycles. The molecule has 2 amide bonds. The molecule has 0 aromatic heterocycles. The second-order valence-electron chi connectivity index (χ2n) is 6.01. The number of methoxy groups -OCH3 is 1. The summed E-state index contributed by atoms with van der Waals surface area (Å²) in [5.41, 5.74) is -1.10. The first-order valence-corrected chi connectivity index (χ1v) is 8.25. The Morgan fingerprint density at radius 3 is 2.08 bits per heavy atom. The first-order valence-electron chi connectivity index (χ1n) is 8.25. The molecule has 1 rings (SSSR count). The monoisotopic (exact) mass is 336 g/mol. The number of unbranched alkanes of at least 4 members (excludes halogenated alkanes) is 1. The van der Waals surface area contributed by atoms with Gasteiger partial charge in [-0.2, -0.15) is 0 Å². The van der Waals surface area contributed by atoms with Crippen LogP contribution in [0.2, 0.25) is 0 Å². The van der Waals surface area contributed by atoms with E-state index in [1.807, 2.05) is 6.92 Å². The summed E-state index contributed by atoms with van der Waals surface area (Å²) >= 11 is 0. The third-order valence-electron chi connectivity index (χ3n) is 3.67. The summed E-state index contributed by atoms with van der Waals surface area (Å²) in [4.78, 5) is 24.3. The van der Waals surface area contributed by atoms with Crippen LogP contribution in [0.5, 0.6) is 11.5 Å². The van der Waals surface area contributed by atoms with Crippen molar-refractivity contribution in [2.75, 3.05) is 26.8 Å². The molecule has 0 fully saturated rings. The van der Waals surface area contributed by atoms with Crippen molar-refractivity contribution in [1.82, 2.24) is 10.6 Å². The Morgan fingerprint density at radius 1 is 1.00 bits per heavy atom. The van der Waals surface area contributed by atoms with Crippen LogP contribution in [0.1, 0.15) is 33.6 Å². The molecule has 1 aromatic carbocycles. The van der Waals surface area contributed by atoms with Crippen LogP contribution in [0.3, 0.4) is 0 Å². The van der Waals surface area contributed by atoms with Crippen LogP contribution < -0.4 is 20.1 Å². The second-order valence-corrected chi connectivity index (χ2v) is 6.01. The lowest BCUT2D eigenvalue weighted by Crippen LogP contribution is -2.48. The van der Waals surface area contributed by atoms with E-state index in [9.17, 15) is 9.59 Å². The molecule has 6 heteroatoms. The molecule has 2 N–H and O–H groups in total. The maximum Gasteiger partial charge on any atom is 0.235 e. The van der Waals surface area contributed by atoms with Crippen LogP contribution in [-0.4, -0.2) is 38.6 Å². The maximum absolute atomic E-state index is 12.2. The summed E-state index contributed by atoms with van der Waals surface area (Å²) in [6.45, 7) is 6.53. The van der Waals surface area contributed by atoms with Gasteiger partial charge in [-0.3, -0.25) is 9.59 Å². The molecule has 6 nitrogen and oxygen atoms in total. The lowest BCUT2D eigenvalue weighted by molar-refractivity contribution is -0.141. The first-order chi connectivity index (χ1) is 11.4. The third-order valence-corrected chi connectivity index (χ3v) is 3.67. The van der Waals surface area contributed by atoms with E-state index in [-0.39, 0.29) is 11.8 Å². The maximum atomic E-state index is 12.2. The minimum Gasteiger partial charge on any atom is -0.497 e. The van der Waals surface area contributed by atoms with Crippen molar-refractivity contribution in [1.29, 1.82) is 0 Å². The molecule has 0 unspecified atom stereocenters. The Morgan fingerprint density at radius 2 is 1.54 bits per heavy atom. The Balaban J connectivity index is 2.34. The zero-order chi connectivity index (χ0) is 18.0. The predicted octanol–water partition coefficient (Wildman–Crippen LogP) is 2.13. The van der Waals surface area contributed by atoms with Gasteiger partial charge in [-0.15, -0.1) is 0 Å². The van der Waals surface area contributed by atoms with Gasteiger partial charge in [-0.1, -0.05) is 13.3 Å². The van der Waals surface area contributed by atoms with Crippen LogP contribution in [0.4, 0.5) is 0 Å². The molecule has 0 saturated carbocycles. The highest BCUT2D eigenvalue weighted by Crippen LogP contribution is 2.17. The van der Waals surface area contributed by atoms with E-state index < -0.39 is 5.41 Å². The Hall–Kier alpha value is -2.24. The fourth-order valence-electron chi connectivity index (χ4n) is 1.93. The van der Waals surface area contributed by atoms with Gasteiger partial charge in [0.15, 0.2) is 0 Å². The van der Waals surface area contributed by atoms with Crippen molar-refractivity contribution < 1.29 is 19.1 Å². The van der Waals surface area contributed by atoms with Gasteiger partial charge < -0.3 is 20.1 Å². The van der Waals surface area contributed by atoms with E-state index in [2.05, 4.69) is 10.6 Å². The molecule has 0 aliphatic rings. The molecular weight excluding hydrogens is 308 g/mol. The summed E-state index contributed by atoms with van der Waals surface area (Å²) in [5, 5.41) is 5.53. The van der Waals surface area contributed by atoms with E-state index in [0.717, 1.165) is 18.6 Å². The number of hydrogen-bond acceptors (Lipinski definition) is 4. The van der Waals surface area contributed by atoms with Gasteiger partial charge in [0, 0.05) is 6.54 Å². The number of carbonyl (C=O) groups is 2. The topological polar surface area (TPSA) is 76.7 Å². The normalized spacial score (nSPS) is 10.8. The number of amides is 2. The van der Waals surface area contributed by atoms with Crippen LogP contribution in [-0.2, 0) is 9.59 Å². The van der Waals surface area contributed by atoms with Gasteiger partial charge in [-0.05, 0) is 44.5 Å². The number of hydrogen-bond donors (Lipinski definition) is 2. The average Bonchev–Trinajstić information content (AvgIpc) is 2.59. The number of nitrogens with one attached hydrogen (secondary N) is 2. The molecule has 0 radical (unpaired) electrons. The zero-order valence-corrected chi connectivity index (χ0v) is 15.0. The van der Waals surface area contributed by atoms with Crippen molar-refractivity contribution in [2.45, 2.75) is 33.6 Å². The SMILES string of the molecule is CCCCNC(=O)C(C)(C)C(=O)NCCOc1ccc(OC)cc1. The molecular formula is C18H28N2O4. The third kappa shape index (κ3) is 6.10. The van der Waals surface area contributed by atoms with Gasteiger partial charge in [-0.25, -0.2) is 0 Å². The highest BCUT2D eigenvalue weighted by atomic mass is 16.5. The van der Waals surface area contributed by atoms with E-state index in [1.54, 1.807) is 45.2 Å².